The zero-order chi connectivity index (χ0) is 18.3. The average Bonchev–Trinajstić information content (AvgIpc) is 3.30. The zero-order valence-electron chi connectivity index (χ0n) is 14.9. The van der Waals surface area contributed by atoms with E-state index in [0.29, 0.717) is 31.7 Å². The van der Waals surface area contributed by atoms with Gasteiger partial charge in [-0.05, 0) is 18.9 Å². The molecule has 0 spiro atoms. The summed E-state index contributed by atoms with van der Waals surface area (Å²) >= 11 is 0. The third kappa shape index (κ3) is 2.90. The normalized spacial score (nSPS) is 29.3. The molecule has 1 aromatic rings. The number of halogens is 1. The summed E-state index contributed by atoms with van der Waals surface area (Å²) in [5, 5.41) is 9.94. The molecule has 3 aliphatic rings. The number of fused-ring (bicyclic) bond motifs is 1. The minimum Gasteiger partial charge on any atom is -0.481 e. The fourth-order valence-corrected chi connectivity index (χ4v) is 5.06. The number of benzene rings is 1. The van der Waals surface area contributed by atoms with E-state index in [1.165, 1.54) is 6.07 Å². The van der Waals surface area contributed by atoms with Crippen molar-refractivity contribution in [2.45, 2.75) is 32.2 Å². The Labute approximate surface area is 152 Å². The molecule has 1 aromatic carbocycles. The number of hydrogen-bond acceptors (Lipinski definition) is 3. The van der Waals surface area contributed by atoms with E-state index >= 15 is 0 Å². The lowest BCUT2D eigenvalue weighted by molar-refractivity contribution is -0.149. The van der Waals surface area contributed by atoms with Crippen LogP contribution in [0, 0.1) is 23.1 Å². The van der Waals surface area contributed by atoms with Gasteiger partial charge in [-0.2, -0.15) is 0 Å². The molecule has 0 radical (unpaired) electrons. The minimum absolute atomic E-state index is 0.0780. The molecule has 1 amide bonds. The van der Waals surface area contributed by atoms with Crippen LogP contribution >= 0.6 is 0 Å². The van der Waals surface area contributed by atoms with Crippen LogP contribution in [0.25, 0.3) is 0 Å². The van der Waals surface area contributed by atoms with E-state index < -0.39 is 11.4 Å². The molecule has 0 bridgehead atoms. The highest BCUT2D eigenvalue weighted by atomic mass is 19.1. The van der Waals surface area contributed by atoms with E-state index in [1.807, 2.05) is 4.90 Å². The molecule has 3 fully saturated rings. The fourth-order valence-electron chi connectivity index (χ4n) is 5.06. The van der Waals surface area contributed by atoms with Gasteiger partial charge in [-0.25, -0.2) is 4.39 Å². The molecular formula is C20H25FN2O3. The van der Waals surface area contributed by atoms with Gasteiger partial charge in [-0.15, -0.1) is 0 Å². The van der Waals surface area contributed by atoms with Gasteiger partial charge in [0.1, 0.15) is 11.2 Å². The van der Waals surface area contributed by atoms with Crippen molar-refractivity contribution in [1.82, 2.24) is 9.80 Å². The van der Waals surface area contributed by atoms with Crippen LogP contribution in [0.5, 0.6) is 0 Å². The first-order valence-corrected chi connectivity index (χ1v) is 9.47. The fraction of sp³-hybridized carbons (Fsp3) is 0.600. The second-order valence-corrected chi connectivity index (χ2v) is 8.12. The number of likely N-dealkylation sites (tertiary alicyclic amines) is 2. The highest BCUT2D eigenvalue weighted by Crippen LogP contribution is 2.44. The molecule has 4 rings (SSSR count). The number of carbonyl (C=O) groups is 2. The van der Waals surface area contributed by atoms with Gasteiger partial charge in [0.25, 0.3) is 0 Å². The van der Waals surface area contributed by atoms with Crippen molar-refractivity contribution in [3.8, 4) is 0 Å². The Balaban J connectivity index is 1.47. The average molecular weight is 360 g/mol. The van der Waals surface area contributed by atoms with E-state index in [-0.39, 0.29) is 30.1 Å². The Morgan fingerprint density at radius 3 is 2.54 bits per heavy atom. The van der Waals surface area contributed by atoms with Crippen molar-refractivity contribution in [2.24, 2.45) is 17.3 Å². The summed E-state index contributed by atoms with van der Waals surface area (Å²) in [6, 6.07) is 6.63. The second-order valence-electron chi connectivity index (χ2n) is 8.12. The van der Waals surface area contributed by atoms with Crippen LogP contribution in [0.1, 0.15) is 31.2 Å². The number of amides is 1. The third-order valence-electron chi connectivity index (χ3n) is 6.47. The van der Waals surface area contributed by atoms with Crippen LogP contribution in [0.3, 0.4) is 0 Å². The molecular weight excluding hydrogens is 335 g/mol. The third-order valence-corrected chi connectivity index (χ3v) is 6.47. The van der Waals surface area contributed by atoms with Gasteiger partial charge < -0.3 is 10.0 Å². The van der Waals surface area contributed by atoms with Crippen molar-refractivity contribution in [1.29, 1.82) is 0 Å². The van der Waals surface area contributed by atoms with Crippen LogP contribution in [-0.2, 0) is 16.1 Å². The highest BCUT2D eigenvalue weighted by molar-refractivity contribution is 5.83. The molecule has 0 aromatic heterocycles. The summed E-state index contributed by atoms with van der Waals surface area (Å²) in [6.45, 7) is 2.17. The van der Waals surface area contributed by atoms with Crippen molar-refractivity contribution in [3.05, 3.63) is 35.6 Å². The summed E-state index contributed by atoms with van der Waals surface area (Å²) in [4.78, 5) is 28.7. The number of rotatable bonds is 4. The molecule has 1 saturated carbocycles. The maximum Gasteiger partial charge on any atom is 0.313 e. The SMILES string of the molecule is O=C(C1CCCC1)N1CC2CN(Cc3ccccc3F)C[C@]2(C(=O)O)C1. The number of nitrogens with zero attached hydrogens (tertiary/aromatic N) is 2. The number of hydrogen-bond donors (Lipinski definition) is 1. The maximum absolute atomic E-state index is 13.9. The molecule has 26 heavy (non-hydrogen) atoms. The van der Waals surface area contributed by atoms with Gasteiger partial charge in [0, 0.05) is 50.1 Å². The predicted molar refractivity (Wildman–Crippen MR) is 93.8 cm³/mol. The summed E-state index contributed by atoms with van der Waals surface area (Å²) in [7, 11) is 0. The summed E-state index contributed by atoms with van der Waals surface area (Å²) in [5.74, 6) is -0.961. The van der Waals surface area contributed by atoms with Crippen molar-refractivity contribution < 1.29 is 19.1 Å². The maximum atomic E-state index is 13.9. The van der Waals surface area contributed by atoms with Gasteiger partial charge in [0.15, 0.2) is 0 Å². The first kappa shape index (κ1) is 17.5. The monoisotopic (exact) mass is 360 g/mol. The van der Waals surface area contributed by atoms with Crippen molar-refractivity contribution >= 4 is 11.9 Å². The van der Waals surface area contributed by atoms with Crippen LogP contribution < -0.4 is 0 Å². The number of aliphatic carboxylic acids is 1. The van der Waals surface area contributed by atoms with Crippen LogP contribution in [0.4, 0.5) is 4.39 Å². The van der Waals surface area contributed by atoms with Crippen molar-refractivity contribution in [3.63, 3.8) is 0 Å². The highest BCUT2D eigenvalue weighted by Gasteiger charge is 2.58. The van der Waals surface area contributed by atoms with E-state index in [4.69, 9.17) is 0 Å². The molecule has 2 heterocycles. The van der Waals surface area contributed by atoms with E-state index in [2.05, 4.69) is 0 Å². The lowest BCUT2D eigenvalue weighted by Gasteiger charge is -2.27. The smallest absolute Gasteiger partial charge is 0.313 e. The van der Waals surface area contributed by atoms with Gasteiger partial charge in [-0.3, -0.25) is 14.5 Å². The summed E-state index contributed by atoms with van der Waals surface area (Å²) in [6.07, 6.45) is 4.04. The number of carboxylic acids is 1. The van der Waals surface area contributed by atoms with Crippen LogP contribution in [0.2, 0.25) is 0 Å². The lowest BCUT2D eigenvalue weighted by Crippen LogP contribution is -2.43. The zero-order valence-corrected chi connectivity index (χ0v) is 14.9. The molecule has 6 heteroatoms. The molecule has 2 saturated heterocycles. The topological polar surface area (TPSA) is 60.9 Å². The Morgan fingerprint density at radius 1 is 1.15 bits per heavy atom. The largest absolute Gasteiger partial charge is 0.481 e. The standard InChI is InChI=1S/C20H25FN2O3/c21-17-8-4-3-7-15(17)9-22-10-16-11-23(13-20(16,12-22)19(25)26)18(24)14-5-1-2-6-14/h3-4,7-8,14,16H,1-2,5-6,9-13H2,(H,25,26)/t16?,20-/m0/s1. The molecule has 1 unspecified atom stereocenters. The Hall–Kier alpha value is -1.95. The van der Waals surface area contributed by atoms with E-state index in [9.17, 15) is 19.1 Å². The molecule has 1 N–H and O–H groups in total. The number of carbonyl (C=O) groups excluding carboxylic acids is 1. The van der Waals surface area contributed by atoms with E-state index in [0.717, 1.165) is 25.7 Å². The lowest BCUT2D eigenvalue weighted by atomic mass is 9.81. The predicted octanol–water partition coefficient (Wildman–Crippen LogP) is 2.36. The van der Waals surface area contributed by atoms with Crippen molar-refractivity contribution in [2.75, 3.05) is 26.2 Å². The van der Waals surface area contributed by atoms with Crippen LogP contribution in [-0.4, -0.2) is 53.0 Å². The van der Waals surface area contributed by atoms with Gasteiger partial charge in [0.05, 0.1) is 0 Å². The summed E-state index contributed by atoms with van der Waals surface area (Å²) < 4.78 is 13.9. The van der Waals surface area contributed by atoms with Crippen LogP contribution in [0.15, 0.2) is 24.3 Å². The van der Waals surface area contributed by atoms with E-state index in [1.54, 1.807) is 23.1 Å². The Bertz CT molecular complexity index is 719. The molecule has 1 aliphatic carbocycles. The first-order valence-electron chi connectivity index (χ1n) is 9.47. The van der Waals surface area contributed by atoms with Gasteiger partial charge in [-0.1, -0.05) is 31.0 Å². The second kappa shape index (κ2) is 6.65. The van der Waals surface area contributed by atoms with Gasteiger partial charge in [0.2, 0.25) is 5.91 Å². The minimum atomic E-state index is -0.917. The molecule has 2 atom stereocenters. The molecule has 5 nitrogen and oxygen atoms in total. The Morgan fingerprint density at radius 2 is 1.88 bits per heavy atom. The summed E-state index contributed by atoms with van der Waals surface area (Å²) in [5.41, 5.74) is -0.327. The van der Waals surface area contributed by atoms with Gasteiger partial charge >= 0.3 is 5.97 Å². The number of carboxylic acid groups (broad SMARTS) is 1. The Kier molecular flexibility index (Phi) is 4.47. The molecule has 2 aliphatic heterocycles. The first-order chi connectivity index (χ1) is 12.5. The molecule has 140 valence electrons. The quantitative estimate of drug-likeness (QED) is 0.895.